The third kappa shape index (κ3) is 2.95. The number of amides is 1. The average molecular weight is 450 g/mol. The molecule has 1 atom stereocenters. The Kier molecular flexibility index (Phi) is 5.41. The van der Waals surface area contributed by atoms with Gasteiger partial charge in [0.15, 0.2) is 5.41 Å². The first-order valence-corrected chi connectivity index (χ1v) is 10.4. The van der Waals surface area contributed by atoms with Gasteiger partial charge in [0.05, 0.1) is 13.2 Å². The number of halogens is 1. The number of allylic oxidation sites excluding steroid dienone is 1. The van der Waals surface area contributed by atoms with Crippen LogP contribution in [0, 0.1) is 11.3 Å². The van der Waals surface area contributed by atoms with E-state index in [4.69, 9.17) is 26.8 Å². The molecule has 8 heteroatoms. The maximum Gasteiger partial charge on any atom is 0.339 e. The van der Waals surface area contributed by atoms with E-state index in [1.165, 1.54) is 11.8 Å². The fraction of sp³-hybridized carbons (Fsp3) is 0.208. The van der Waals surface area contributed by atoms with E-state index in [2.05, 4.69) is 0 Å². The molecule has 0 saturated carbocycles. The molecule has 7 nitrogen and oxygen atoms in total. The summed E-state index contributed by atoms with van der Waals surface area (Å²) in [5.74, 6) is -1.35. The fourth-order valence-electron chi connectivity index (χ4n) is 4.37. The summed E-state index contributed by atoms with van der Waals surface area (Å²) >= 11 is 6.35. The highest BCUT2D eigenvalue weighted by atomic mass is 35.5. The molecule has 32 heavy (non-hydrogen) atoms. The number of hydrogen-bond donors (Lipinski definition) is 1. The number of nitrogens with zero attached hydrogens (tertiary/aromatic N) is 2. The van der Waals surface area contributed by atoms with Crippen molar-refractivity contribution < 1.29 is 19.1 Å². The van der Waals surface area contributed by atoms with E-state index < -0.39 is 17.3 Å². The Balaban J connectivity index is 2.00. The number of rotatable bonds is 4. The van der Waals surface area contributed by atoms with Gasteiger partial charge >= 0.3 is 5.97 Å². The minimum Gasteiger partial charge on any atom is -0.462 e. The van der Waals surface area contributed by atoms with Crippen LogP contribution in [-0.2, 0) is 31.0 Å². The molecule has 2 aliphatic rings. The van der Waals surface area contributed by atoms with Crippen LogP contribution in [-0.4, -0.2) is 18.5 Å². The van der Waals surface area contributed by atoms with Crippen molar-refractivity contribution >= 4 is 29.2 Å². The van der Waals surface area contributed by atoms with E-state index in [1.54, 1.807) is 43.3 Å². The predicted molar refractivity (Wildman–Crippen MR) is 118 cm³/mol. The van der Waals surface area contributed by atoms with Crippen LogP contribution in [0.4, 0.5) is 5.69 Å². The SMILES string of the molecule is CCOC(=O)C1=C(C)OC(N)=C(C#N)[C@@]12C(=O)N(Cc1ccccc1Cl)c1ccccc12. The summed E-state index contributed by atoms with van der Waals surface area (Å²) in [6, 6.07) is 16.2. The molecule has 1 spiro atoms. The van der Waals surface area contributed by atoms with E-state index in [9.17, 15) is 14.9 Å². The molecule has 0 radical (unpaired) electrons. The monoisotopic (exact) mass is 449 g/mol. The van der Waals surface area contributed by atoms with Gasteiger partial charge in [0, 0.05) is 16.3 Å². The van der Waals surface area contributed by atoms with Gasteiger partial charge in [0.2, 0.25) is 11.8 Å². The smallest absolute Gasteiger partial charge is 0.339 e. The number of fused-ring (bicyclic) bond motifs is 2. The lowest BCUT2D eigenvalue weighted by Gasteiger charge is -2.34. The molecule has 2 aromatic rings. The number of ether oxygens (including phenoxy) is 2. The minimum absolute atomic E-state index is 0.0517. The number of benzene rings is 2. The summed E-state index contributed by atoms with van der Waals surface area (Å²) in [6.07, 6.45) is 0. The lowest BCUT2D eigenvalue weighted by atomic mass is 9.68. The van der Waals surface area contributed by atoms with Crippen molar-refractivity contribution in [1.29, 1.82) is 5.26 Å². The molecular weight excluding hydrogens is 430 g/mol. The zero-order valence-corrected chi connectivity index (χ0v) is 18.3. The number of anilines is 1. The lowest BCUT2D eigenvalue weighted by molar-refractivity contribution is -0.141. The van der Waals surface area contributed by atoms with Gasteiger partial charge in [-0.05, 0) is 31.5 Å². The summed E-state index contributed by atoms with van der Waals surface area (Å²) in [5.41, 5.74) is 5.83. The van der Waals surface area contributed by atoms with E-state index >= 15 is 0 Å². The molecule has 2 heterocycles. The molecular formula is C24H20ClN3O4. The van der Waals surface area contributed by atoms with Gasteiger partial charge in [0.25, 0.3) is 0 Å². The molecule has 0 aliphatic carbocycles. The van der Waals surface area contributed by atoms with Gasteiger partial charge in [-0.2, -0.15) is 5.26 Å². The predicted octanol–water partition coefficient (Wildman–Crippen LogP) is 3.69. The average Bonchev–Trinajstić information content (AvgIpc) is 2.99. The second-order valence-corrected chi connectivity index (χ2v) is 7.76. The quantitative estimate of drug-likeness (QED) is 0.713. The largest absolute Gasteiger partial charge is 0.462 e. The second kappa shape index (κ2) is 8.06. The molecule has 4 rings (SSSR count). The molecule has 0 aromatic heterocycles. The highest BCUT2D eigenvalue weighted by Gasteiger charge is 2.62. The van der Waals surface area contributed by atoms with Gasteiger partial charge in [-0.25, -0.2) is 4.79 Å². The van der Waals surface area contributed by atoms with Crippen molar-refractivity contribution in [3.8, 4) is 6.07 Å². The van der Waals surface area contributed by atoms with Crippen LogP contribution in [0.5, 0.6) is 0 Å². The maximum absolute atomic E-state index is 14.2. The first-order chi connectivity index (χ1) is 15.4. The summed E-state index contributed by atoms with van der Waals surface area (Å²) < 4.78 is 10.8. The van der Waals surface area contributed by atoms with Gasteiger partial charge in [-0.1, -0.05) is 48.0 Å². The molecule has 0 unspecified atom stereocenters. The van der Waals surface area contributed by atoms with Crippen LogP contribution >= 0.6 is 11.6 Å². The Hall–Kier alpha value is -3.76. The Bertz CT molecular complexity index is 1240. The van der Waals surface area contributed by atoms with Crippen LogP contribution in [0.15, 0.2) is 71.3 Å². The first-order valence-electron chi connectivity index (χ1n) is 9.99. The molecule has 1 amide bonds. The second-order valence-electron chi connectivity index (χ2n) is 7.35. The number of carbonyl (C=O) groups excluding carboxylic acids is 2. The summed E-state index contributed by atoms with van der Waals surface area (Å²) in [5, 5.41) is 10.5. The Labute approximate surface area is 190 Å². The van der Waals surface area contributed by atoms with Crippen LogP contribution < -0.4 is 10.6 Å². The maximum atomic E-state index is 14.2. The Morgan fingerprint density at radius 1 is 1.25 bits per heavy atom. The minimum atomic E-state index is -1.77. The van der Waals surface area contributed by atoms with Gasteiger partial charge in [-0.3, -0.25) is 4.79 Å². The zero-order valence-electron chi connectivity index (χ0n) is 17.5. The molecule has 2 N–H and O–H groups in total. The molecule has 162 valence electrons. The number of carbonyl (C=O) groups is 2. The van der Waals surface area contributed by atoms with E-state index in [1.807, 2.05) is 18.2 Å². The van der Waals surface area contributed by atoms with Crippen molar-refractivity contribution in [1.82, 2.24) is 0 Å². The number of para-hydroxylation sites is 1. The first kappa shape index (κ1) is 21.5. The van der Waals surface area contributed by atoms with E-state index in [-0.39, 0.29) is 35.9 Å². The fourth-order valence-corrected chi connectivity index (χ4v) is 4.57. The Morgan fingerprint density at radius 2 is 1.94 bits per heavy atom. The molecule has 0 bridgehead atoms. The highest BCUT2D eigenvalue weighted by molar-refractivity contribution is 6.31. The highest BCUT2D eigenvalue weighted by Crippen LogP contribution is 2.54. The normalized spacial score (nSPS) is 19.7. The summed E-state index contributed by atoms with van der Waals surface area (Å²) in [7, 11) is 0. The summed E-state index contributed by atoms with van der Waals surface area (Å²) in [4.78, 5) is 28.8. The molecule has 0 saturated heterocycles. The van der Waals surface area contributed by atoms with E-state index in [0.29, 0.717) is 16.3 Å². The van der Waals surface area contributed by atoms with Gasteiger partial charge < -0.3 is 20.1 Å². The Morgan fingerprint density at radius 3 is 2.62 bits per heavy atom. The van der Waals surface area contributed by atoms with Crippen LogP contribution in [0.1, 0.15) is 25.0 Å². The van der Waals surface area contributed by atoms with E-state index in [0.717, 1.165) is 5.56 Å². The van der Waals surface area contributed by atoms with Crippen LogP contribution in [0.2, 0.25) is 5.02 Å². The van der Waals surface area contributed by atoms with Crippen molar-refractivity contribution in [3.63, 3.8) is 0 Å². The molecule has 0 fully saturated rings. The number of nitrogens with two attached hydrogens (primary N) is 1. The zero-order chi connectivity index (χ0) is 23.0. The standard InChI is InChI=1S/C24H20ClN3O4/c1-3-31-22(29)20-14(2)32-21(27)17(12-26)24(20)16-9-5-7-11-19(16)28(23(24)30)13-15-8-4-6-10-18(15)25/h4-11H,3,13,27H2,1-2H3/t24-/m1/s1. The topological polar surface area (TPSA) is 106 Å². The molecule has 2 aromatic carbocycles. The third-order valence-electron chi connectivity index (χ3n) is 5.65. The van der Waals surface area contributed by atoms with Crippen molar-refractivity contribution in [2.24, 2.45) is 5.73 Å². The molecule has 2 aliphatic heterocycles. The lowest BCUT2D eigenvalue weighted by Crippen LogP contribution is -2.48. The van der Waals surface area contributed by atoms with Crippen molar-refractivity contribution in [2.45, 2.75) is 25.8 Å². The summed E-state index contributed by atoms with van der Waals surface area (Å²) in [6.45, 7) is 3.42. The number of hydrogen-bond acceptors (Lipinski definition) is 6. The third-order valence-corrected chi connectivity index (χ3v) is 6.02. The van der Waals surface area contributed by atoms with Crippen LogP contribution in [0.25, 0.3) is 0 Å². The number of nitriles is 1. The van der Waals surface area contributed by atoms with Gasteiger partial charge in [0.1, 0.15) is 23.0 Å². The van der Waals surface area contributed by atoms with Crippen molar-refractivity contribution in [3.05, 3.63) is 87.5 Å². The van der Waals surface area contributed by atoms with Crippen molar-refractivity contribution in [2.75, 3.05) is 11.5 Å². The number of esters is 1. The van der Waals surface area contributed by atoms with Crippen LogP contribution in [0.3, 0.4) is 0 Å². The van der Waals surface area contributed by atoms with Gasteiger partial charge in [-0.15, -0.1) is 0 Å².